The number of aromatic nitrogens is 1. The molecule has 1 aliphatic heterocycles. The quantitative estimate of drug-likeness (QED) is 0.175. The molecule has 2 N–H and O–H groups in total. The van der Waals surface area contributed by atoms with E-state index in [0.717, 1.165) is 22.0 Å². The van der Waals surface area contributed by atoms with Crippen LogP contribution in [0.1, 0.15) is 57.4 Å². The number of aromatic amines is 1. The Balaban J connectivity index is 1.68. The first kappa shape index (κ1) is 25.3. The van der Waals surface area contributed by atoms with E-state index in [2.05, 4.69) is 25.8 Å². The molecule has 1 atom stereocenters. The van der Waals surface area contributed by atoms with Crippen LogP contribution in [0.25, 0.3) is 16.7 Å². The number of rotatable bonds is 5. The first-order chi connectivity index (χ1) is 18.1. The molecule has 1 amide bonds. The van der Waals surface area contributed by atoms with E-state index in [4.69, 9.17) is 4.74 Å². The van der Waals surface area contributed by atoms with Crippen molar-refractivity contribution in [3.63, 3.8) is 0 Å². The van der Waals surface area contributed by atoms with Crippen molar-refractivity contribution in [1.82, 2.24) is 4.98 Å². The van der Waals surface area contributed by atoms with Crippen molar-refractivity contribution in [2.45, 2.75) is 52.2 Å². The summed E-state index contributed by atoms with van der Waals surface area (Å²) in [6, 6.07) is 21.7. The zero-order valence-electron chi connectivity index (χ0n) is 22.3. The molecule has 0 bridgehead atoms. The maximum Gasteiger partial charge on any atom is 0.300 e. The van der Waals surface area contributed by atoms with E-state index < -0.39 is 17.7 Å². The van der Waals surface area contributed by atoms with Gasteiger partial charge in [-0.1, -0.05) is 63.2 Å². The molecule has 3 aromatic carbocycles. The number of ketones is 1. The predicted molar refractivity (Wildman–Crippen MR) is 150 cm³/mol. The van der Waals surface area contributed by atoms with Crippen molar-refractivity contribution < 1.29 is 19.4 Å². The van der Waals surface area contributed by atoms with Gasteiger partial charge in [-0.2, -0.15) is 0 Å². The zero-order chi connectivity index (χ0) is 27.2. The van der Waals surface area contributed by atoms with Crippen LogP contribution in [0.3, 0.4) is 0 Å². The van der Waals surface area contributed by atoms with Crippen LogP contribution in [0.4, 0.5) is 5.69 Å². The van der Waals surface area contributed by atoms with Crippen molar-refractivity contribution in [1.29, 1.82) is 0 Å². The largest absolute Gasteiger partial charge is 0.507 e. The molecule has 194 valence electrons. The monoisotopic (exact) mass is 508 g/mol. The summed E-state index contributed by atoms with van der Waals surface area (Å²) < 4.78 is 5.76. The molecule has 1 aromatic heterocycles. The number of hydrogen-bond acceptors (Lipinski definition) is 4. The standard InChI is InChI=1S/C32H32N2O4/c1-19(2)38-23-16-14-22(15-17-23)34-28(20-10-12-21(13-11-20)32(3,4)5)27(30(36)31(34)37)29(35)25-18-33-26-9-7-6-8-24(25)26/h6-19,28,33,35H,1-5H3/b29-27-. The fourth-order valence-corrected chi connectivity index (χ4v) is 4.95. The Morgan fingerprint density at radius 2 is 1.61 bits per heavy atom. The molecule has 0 radical (unpaired) electrons. The van der Waals surface area contributed by atoms with Gasteiger partial charge in [0.05, 0.1) is 17.7 Å². The predicted octanol–water partition coefficient (Wildman–Crippen LogP) is 6.88. The summed E-state index contributed by atoms with van der Waals surface area (Å²) in [6.45, 7) is 10.3. The lowest BCUT2D eigenvalue weighted by Crippen LogP contribution is -2.29. The number of para-hydroxylation sites is 1. The summed E-state index contributed by atoms with van der Waals surface area (Å²) in [7, 11) is 0. The highest BCUT2D eigenvalue weighted by Crippen LogP contribution is 2.43. The summed E-state index contributed by atoms with van der Waals surface area (Å²) in [5.41, 5.74) is 3.73. The fourth-order valence-electron chi connectivity index (χ4n) is 4.95. The molecule has 1 aliphatic rings. The average Bonchev–Trinajstić information content (AvgIpc) is 3.42. The molecule has 0 saturated carbocycles. The smallest absolute Gasteiger partial charge is 0.300 e. The van der Waals surface area contributed by atoms with Crippen molar-refractivity contribution in [3.8, 4) is 5.75 Å². The van der Waals surface area contributed by atoms with E-state index >= 15 is 0 Å². The number of aliphatic hydroxyl groups is 1. The zero-order valence-corrected chi connectivity index (χ0v) is 22.3. The van der Waals surface area contributed by atoms with Gasteiger partial charge in [0.2, 0.25) is 0 Å². The first-order valence-corrected chi connectivity index (χ1v) is 12.8. The fraction of sp³-hybridized carbons (Fsp3) is 0.250. The van der Waals surface area contributed by atoms with Gasteiger partial charge in [-0.3, -0.25) is 14.5 Å². The van der Waals surface area contributed by atoms with Gasteiger partial charge in [-0.05, 0) is 60.7 Å². The second-order valence-corrected chi connectivity index (χ2v) is 10.9. The van der Waals surface area contributed by atoms with E-state index in [1.807, 2.05) is 62.4 Å². The van der Waals surface area contributed by atoms with E-state index in [0.29, 0.717) is 17.0 Å². The number of carbonyl (C=O) groups is 2. The van der Waals surface area contributed by atoms with Gasteiger partial charge in [0.25, 0.3) is 11.7 Å². The molecule has 5 rings (SSSR count). The van der Waals surface area contributed by atoms with Crippen LogP contribution >= 0.6 is 0 Å². The van der Waals surface area contributed by atoms with Gasteiger partial charge < -0.3 is 14.8 Å². The normalized spacial score (nSPS) is 17.5. The third kappa shape index (κ3) is 4.47. The van der Waals surface area contributed by atoms with Crippen molar-refractivity contribution in [2.24, 2.45) is 0 Å². The maximum absolute atomic E-state index is 13.5. The van der Waals surface area contributed by atoms with Crippen molar-refractivity contribution in [3.05, 3.63) is 101 Å². The third-order valence-corrected chi connectivity index (χ3v) is 6.87. The lowest BCUT2D eigenvalue weighted by atomic mass is 9.85. The van der Waals surface area contributed by atoms with E-state index in [1.54, 1.807) is 30.5 Å². The maximum atomic E-state index is 13.5. The Bertz CT molecular complexity index is 1540. The van der Waals surface area contributed by atoms with Gasteiger partial charge >= 0.3 is 0 Å². The number of benzene rings is 3. The van der Waals surface area contributed by atoms with Gasteiger partial charge in [-0.25, -0.2) is 0 Å². The van der Waals surface area contributed by atoms with E-state index in [1.165, 1.54) is 4.90 Å². The van der Waals surface area contributed by atoms with Crippen molar-refractivity contribution in [2.75, 3.05) is 4.90 Å². The number of aliphatic hydroxyl groups excluding tert-OH is 1. The Morgan fingerprint density at radius 1 is 0.947 bits per heavy atom. The second kappa shape index (κ2) is 9.53. The molecule has 38 heavy (non-hydrogen) atoms. The lowest BCUT2D eigenvalue weighted by Gasteiger charge is -2.27. The van der Waals surface area contributed by atoms with Gasteiger partial charge in [0.15, 0.2) is 0 Å². The number of ether oxygens (including phenoxy) is 1. The highest BCUT2D eigenvalue weighted by molar-refractivity contribution is 6.51. The molecule has 4 aromatic rings. The topological polar surface area (TPSA) is 82.6 Å². The number of Topliss-reactive ketones (excluding diaryl/α,β-unsaturated/α-hetero) is 1. The minimum absolute atomic E-state index is 0.00702. The number of hydrogen-bond donors (Lipinski definition) is 2. The Hall–Kier alpha value is -4.32. The summed E-state index contributed by atoms with van der Waals surface area (Å²) in [6.07, 6.45) is 1.68. The first-order valence-electron chi connectivity index (χ1n) is 12.8. The number of anilines is 1. The van der Waals surface area contributed by atoms with Gasteiger partial charge in [0, 0.05) is 28.4 Å². The Labute approximate surface area is 222 Å². The Morgan fingerprint density at radius 3 is 2.24 bits per heavy atom. The van der Waals surface area contributed by atoms with Crippen LogP contribution in [0.15, 0.2) is 84.6 Å². The third-order valence-electron chi connectivity index (χ3n) is 6.87. The second-order valence-electron chi connectivity index (χ2n) is 10.9. The molecule has 2 heterocycles. The Kier molecular flexibility index (Phi) is 6.35. The SMILES string of the molecule is CC(C)Oc1ccc(N2C(=O)C(=O)/C(=C(\O)c3c[nH]c4ccccc34)C2c2ccc(C(C)(C)C)cc2)cc1. The number of nitrogens with one attached hydrogen (secondary N) is 1. The van der Waals surface area contributed by atoms with Gasteiger partial charge in [-0.15, -0.1) is 0 Å². The van der Waals surface area contributed by atoms with Crippen LogP contribution in [-0.2, 0) is 15.0 Å². The number of nitrogens with zero attached hydrogens (tertiary/aromatic N) is 1. The molecular weight excluding hydrogens is 476 g/mol. The van der Waals surface area contributed by atoms with Crippen molar-refractivity contribution >= 4 is 34.0 Å². The minimum atomic E-state index is -0.797. The summed E-state index contributed by atoms with van der Waals surface area (Å²) in [5, 5.41) is 12.3. The summed E-state index contributed by atoms with van der Waals surface area (Å²) >= 11 is 0. The number of carbonyl (C=O) groups excluding carboxylic acids is 2. The molecule has 1 unspecified atom stereocenters. The lowest BCUT2D eigenvalue weighted by molar-refractivity contribution is -0.132. The van der Waals surface area contributed by atoms with Crippen LogP contribution in [0, 0.1) is 0 Å². The summed E-state index contributed by atoms with van der Waals surface area (Å²) in [5.74, 6) is -0.938. The molecule has 6 heteroatoms. The molecule has 1 fully saturated rings. The van der Waals surface area contributed by atoms with Gasteiger partial charge in [0.1, 0.15) is 11.5 Å². The highest BCUT2D eigenvalue weighted by atomic mass is 16.5. The molecule has 0 aliphatic carbocycles. The minimum Gasteiger partial charge on any atom is -0.507 e. The van der Waals surface area contributed by atoms with E-state index in [9.17, 15) is 14.7 Å². The van der Waals surface area contributed by atoms with E-state index in [-0.39, 0.29) is 22.9 Å². The number of H-pyrrole nitrogens is 1. The number of fused-ring (bicyclic) bond motifs is 1. The molecule has 0 spiro atoms. The van der Waals surface area contributed by atoms with Crippen LogP contribution in [0.5, 0.6) is 5.75 Å². The average molecular weight is 509 g/mol. The molecule has 6 nitrogen and oxygen atoms in total. The van der Waals surface area contributed by atoms with Crippen LogP contribution in [-0.4, -0.2) is 27.9 Å². The highest BCUT2D eigenvalue weighted by Gasteiger charge is 2.47. The van der Waals surface area contributed by atoms with Crippen LogP contribution < -0.4 is 9.64 Å². The van der Waals surface area contributed by atoms with Crippen LogP contribution in [0.2, 0.25) is 0 Å². The number of amides is 1. The summed E-state index contributed by atoms with van der Waals surface area (Å²) in [4.78, 5) is 31.7. The molecule has 1 saturated heterocycles. The molecular formula is C32H32N2O4.